The van der Waals surface area contributed by atoms with Crippen LogP contribution in [-0.2, 0) is 6.42 Å². The molecular formula is C16H22N4O. The van der Waals surface area contributed by atoms with Crippen molar-refractivity contribution in [3.05, 3.63) is 41.0 Å². The van der Waals surface area contributed by atoms with E-state index in [0.29, 0.717) is 5.92 Å². The second kappa shape index (κ2) is 6.52. The first-order valence-corrected chi connectivity index (χ1v) is 7.35. The number of nitrogens with one attached hydrogen (secondary N) is 2. The van der Waals surface area contributed by atoms with Crippen molar-refractivity contribution in [1.82, 2.24) is 15.2 Å². The van der Waals surface area contributed by atoms with Gasteiger partial charge in [0.15, 0.2) is 0 Å². The van der Waals surface area contributed by atoms with Crippen molar-refractivity contribution in [1.29, 1.82) is 0 Å². The van der Waals surface area contributed by atoms with Crippen molar-refractivity contribution in [2.45, 2.75) is 46.5 Å². The highest BCUT2D eigenvalue weighted by molar-refractivity contribution is 6.02. The summed E-state index contributed by atoms with van der Waals surface area (Å²) in [6.45, 7) is 8.26. The highest BCUT2D eigenvalue weighted by Crippen LogP contribution is 2.27. The van der Waals surface area contributed by atoms with Gasteiger partial charge in [-0.3, -0.25) is 9.89 Å². The summed E-state index contributed by atoms with van der Waals surface area (Å²) >= 11 is 0. The van der Waals surface area contributed by atoms with Gasteiger partial charge in [-0.05, 0) is 30.4 Å². The zero-order valence-corrected chi connectivity index (χ0v) is 13.0. The Morgan fingerprint density at radius 3 is 2.81 bits per heavy atom. The van der Waals surface area contributed by atoms with Crippen LogP contribution in [0.2, 0.25) is 0 Å². The number of amides is 1. The summed E-state index contributed by atoms with van der Waals surface area (Å²) in [6.07, 6.45) is 1.76. The number of nitrogens with zero attached hydrogens (tertiary/aromatic N) is 2. The molecule has 5 heteroatoms. The molecule has 0 radical (unpaired) electrons. The number of hydrogen-bond donors (Lipinski definition) is 2. The van der Waals surface area contributed by atoms with Gasteiger partial charge in [0, 0.05) is 12.1 Å². The molecule has 0 spiro atoms. The number of aryl methyl sites for hydroxylation is 2. The Morgan fingerprint density at radius 2 is 2.14 bits per heavy atom. The zero-order valence-electron chi connectivity index (χ0n) is 13.0. The minimum Gasteiger partial charge on any atom is -0.319 e. The summed E-state index contributed by atoms with van der Waals surface area (Å²) in [5, 5.41) is 9.74. The van der Waals surface area contributed by atoms with Crippen molar-refractivity contribution in [3.63, 3.8) is 0 Å². The van der Waals surface area contributed by atoms with Crippen molar-refractivity contribution in [2.75, 3.05) is 5.32 Å². The molecule has 2 rings (SSSR count). The maximum atomic E-state index is 12.3. The summed E-state index contributed by atoms with van der Waals surface area (Å²) in [5.41, 5.74) is 3.02. The van der Waals surface area contributed by atoms with E-state index in [1.54, 1.807) is 0 Å². The maximum Gasteiger partial charge on any atom is 0.295 e. The third kappa shape index (κ3) is 3.48. The first kappa shape index (κ1) is 15.2. The lowest BCUT2D eigenvalue weighted by molar-refractivity contribution is 0.101. The average Bonchev–Trinajstić information content (AvgIpc) is 2.90. The SMILES string of the molecule is CCCc1nc(C(=O)Nc2c(C)cccc2C(C)C)n[nH]1. The average molecular weight is 286 g/mol. The van der Waals surface area contributed by atoms with Gasteiger partial charge in [0.25, 0.3) is 5.91 Å². The quantitative estimate of drug-likeness (QED) is 0.884. The molecule has 0 saturated carbocycles. The van der Waals surface area contributed by atoms with Crippen LogP contribution in [0.4, 0.5) is 5.69 Å². The van der Waals surface area contributed by atoms with E-state index < -0.39 is 0 Å². The van der Waals surface area contributed by atoms with Gasteiger partial charge in [-0.15, -0.1) is 5.10 Å². The lowest BCUT2D eigenvalue weighted by Gasteiger charge is -2.15. The highest BCUT2D eigenvalue weighted by atomic mass is 16.2. The van der Waals surface area contributed by atoms with Crippen LogP contribution < -0.4 is 5.32 Å². The summed E-state index contributed by atoms with van der Waals surface area (Å²) in [5.74, 6) is 1.00. The fourth-order valence-electron chi connectivity index (χ4n) is 2.26. The van der Waals surface area contributed by atoms with E-state index in [1.807, 2.05) is 25.1 Å². The molecule has 5 nitrogen and oxygen atoms in total. The number of H-pyrrole nitrogens is 1. The van der Waals surface area contributed by atoms with Gasteiger partial charge >= 0.3 is 0 Å². The molecule has 0 saturated heterocycles. The molecule has 0 atom stereocenters. The second-order valence-electron chi connectivity index (χ2n) is 5.50. The Hall–Kier alpha value is -2.17. The summed E-state index contributed by atoms with van der Waals surface area (Å²) in [7, 11) is 0. The van der Waals surface area contributed by atoms with Gasteiger partial charge in [-0.2, -0.15) is 0 Å². The summed E-state index contributed by atoms with van der Waals surface area (Å²) in [6, 6.07) is 6.03. The van der Waals surface area contributed by atoms with Gasteiger partial charge in [0.05, 0.1) is 0 Å². The van der Waals surface area contributed by atoms with Crippen LogP contribution in [-0.4, -0.2) is 21.1 Å². The van der Waals surface area contributed by atoms with Gasteiger partial charge in [0.1, 0.15) is 5.82 Å². The number of aromatic nitrogens is 3. The van der Waals surface area contributed by atoms with Gasteiger partial charge < -0.3 is 5.32 Å². The van der Waals surface area contributed by atoms with Gasteiger partial charge in [0.2, 0.25) is 5.82 Å². The number of carbonyl (C=O) groups excluding carboxylic acids is 1. The zero-order chi connectivity index (χ0) is 15.4. The number of carbonyl (C=O) groups is 1. The molecule has 1 aromatic carbocycles. The lowest BCUT2D eigenvalue weighted by Crippen LogP contribution is -2.16. The number of anilines is 1. The van der Waals surface area contributed by atoms with Crippen molar-refractivity contribution < 1.29 is 4.79 Å². The topological polar surface area (TPSA) is 70.7 Å². The Kier molecular flexibility index (Phi) is 4.73. The molecule has 1 heterocycles. The third-order valence-corrected chi connectivity index (χ3v) is 3.39. The minimum absolute atomic E-state index is 0.191. The molecule has 0 fully saturated rings. The van der Waals surface area contributed by atoms with E-state index in [1.165, 1.54) is 0 Å². The predicted molar refractivity (Wildman–Crippen MR) is 83.6 cm³/mol. The fraction of sp³-hybridized carbons (Fsp3) is 0.438. The van der Waals surface area contributed by atoms with E-state index in [2.05, 4.69) is 41.3 Å². The summed E-state index contributed by atoms with van der Waals surface area (Å²) in [4.78, 5) is 16.5. The first-order valence-electron chi connectivity index (χ1n) is 7.35. The van der Waals surface area contributed by atoms with E-state index in [4.69, 9.17) is 0 Å². The number of hydrogen-bond acceptors (Lipinski definition) is 3. The first-order chi connectivity index (χ1) is 10.0. The monoisotopic (exact) mass is 286 g/mol. The maximum absolute atomic E-state index is 12.3. The van der Waals surface area contributed by atoms with Crippen LogP contribution in [0.3, 0.4) is 0 Å². The van der Waals surface area contributed by atoms with Crippen molar-refractivity contribution in [3.8, 4) is 0 Å². The molecule has 2 aromatic rings. The molecule has 1 amide bonds. The molecule has 1 aromatic heterocycles. The standard InChI is InChI=1S/C16H22N4O/c1-5-7-13-17-15(20-19-13)16(21)18-14-11(4)8-6-9-12(14)10(2)3/h6,8-10H,5,7H2,1-4H3,(H,18,21)(H,17,19,20). The Bertz CT molecular complexity index is 631. The smallest absolute Gasteiger partial charge is 0.295 e. The van der Waals surface area contributed by atoms with Crippen LogP contribution in [0.25, 0.3) is 0 Å². The van der Waals surface area contributed by atoms with E-state index in [0.717, 1.165) is 35.5 Å². The van der Waals surface area contributed by atoms with Crippen LogP contribution in [0.15, 0.2) is 18.2 Å². The predicted octanol–water partition coefficient (Wildman–Crippen LogP) is 3.44. The third-order valence-electron chi connectivity index (χ3n) is 3.39. The number of para-hydroxylation sites is 1. The van der Waals surface area contributed by atoms with E-state index in [9.17, 15) is 4.79 Å². The van der Waals surface area contributed by atoms with Gasteiger partial charge in [-0.25, -0.2) is 4.98 Å². The molecular weight excluding hydrogens is 264 g/mol. The summed E-state index contributed by atoms with van der Waals surface area (Å²) < 4.78 is 0. The van der Waals surface area contributed by atoms with Crippen LogP contribution >= 0.6 is 0 Å². The number of rotatable bonds is 5. The normalized spacial score (nSPS) is 10.9. The number of benzene rings is 1. The van der Waals surface area contributed by atoms with Crippen molar-refractivity contribution >= 4 is 11.6 Å². The van der Waals surface area contributed by atoms with Crippen LogP contribution in [0.1, 0.15) is 60.7 Å². The van der Waals surface area contributed by atoms with Crippen molar-refractivity contribution in [2.24, 2.45) is 0 Å². The molecule has 0 aliphatic carbocycles. The van der Waals surface area contributed by atoms with Crippen LogP contribution in [0, 0.1) is 6.92 Å². The molecule has 112 valence electrons. The number of aromatic amines is 1. The largest absolute Gasteiger partial charge is 0.319 e. The molecule has 2 N–H and O–H groups in total. The molecule has 0 aliphatic heterocycles. The second-order valence-corrected chi connectivity index (χ2v) is 5.50. The van der Waals surface area contributed by atoms with E-state index in [-0.39, 0.29) is 11.7 Å². The highest BCUT2D eigenvalue weighted by Gasteiger charge is 2.16. The molecule has 21 heavy (non-hydrogen) atoms. The Balaban J connectivity index is 2.23. The lowest BCUT2D eigenvalue weighted by atomic mass is 9.98. The van der Waals surface area contributed by atoms with E-state index >= 15 is 0 Å². The Labute approximate surface area is 125 Å². The molecule has 0 bridgehead atoms. The molecule has 0 aliphatic rings. The Morgan fingerprint density at radius 1 is 1.38 bits per heavy atom. The van der Waals surface area contributed by atoms with Crippen LogP contribution in [0.5, 0.6) is 0 Å². The fourth-order valence-corrected chi connectivity index (χ4v) is 2.26. The minimum atomic E-state index is -0.273. The molecule has 0 unspecified atom stereocenters. The van der Waals surface area contributed by atoms with Gasteiger partial charge in [-0.1, -0.05) is 39.0 Å².